The van der Waals surface area contributed by atoms with Gasteiger partial charge in [-0.15, -0.1) is 0 Å². The standard InChI is InChI=1S/C13H12N2O3/c1-9-3-6-13(12(7-9)15(16)17)18-11-5-4-10(2)14-8-11/h3-8H,1-2H3. The first-order chi connectivity index (χ1) is 8.56. The second kappa shape index (κ2) is 4.83. The number of benzene rings is 1. The maximum absolute atomic E-state index is 10.9. The summed E-state index contributed by atoms with van der Waals surface area (Å²) in [5, 5.41) is 10.9. The largest absolute Gasteiger partial charge is 0.449 e. The van der Waals surface area contributed by atoms with Gasteiger partial charge < -0.3 is 4.74 Å². The van der Waals surface area contributed by atoms with Crippen LogP contribution in [-0.2, 0) is 0 Å². The Morgan fingerprint density at radius 1 is 1.22 bits per heavy atom. The van der Waals surface area contributed by atoms with Crippen molar-refractivity contribution in [2.45, 2.75) is 13.8 Å². The molecule has 0 aliphatic heterocycles. The van der Waals surface area contributed by atoms with E-state index >= 15 is 0 Å². The molecule has 0 atom stereocenters. The molecule has 5 nitrogen and oxygen atoms in total. The minimum absolute atomic E-state index is 0.0458. The average molecular weight is 244 g/mol. The summed E-state index contributed by atoms with van der Waals surface area (Å²) < 4.78 is 5.48. The lowest BCUT2D eigenvalue weighted by molar-refractivity contribution is -0.385. The summed E-state index contributed by atoms with van der Waals surface area (Å²) in [7, 11) is 0. The van der Waals surface area contributed by atoms with E-state index in [1.807, 2.05) is 6.92 Å². The fourth-order valence-corrected chi connectivity index (χ4v) is 1.50. The number of aromatic nitrogens is 1. The molecule has 0 aliphatic carbocycles. The van der Waals surface area contributed by atoms with Crippen molar-refractivity contribution in [3.63, 3.8) is 0 Å². The molecule has 1 heterocycles. The highest BCUT2D eigenvalue weighted by Crippen LogP contribution is 2.31. The quantitative estimate of drug-likeness (QED) is 0.613. The number of ether oxygens (including phenoxy) is 1. The second-order valence-electron chi connectivity index (χ2n) is 3.97. The van der Waals surface area contributed by atoms with Crippen molar-refractivity contribution in [2.24, 2.45) is 0 Å². The van der Waals surface area contributed by atoms with E-state index in [9.17, 15) is 10.1 Å². The topological polar surface area (TPSA) is 65.3 Å². The summed E-state index contributed by atoms with van der Waals surface area (Å²) in [4.78, 5) is 14.5. The van der Waals surface area contributed by atoms with Crippen molar-refractivity contribution >= 4 is 5.69 Å². The fourth-order valence-electron chi connectivity index (χ4n) is 1.50. The van der Waals surface area contributed by atoms with Gasteiger partial charge in [-0.25, -0.2) is 0 Å². The van der Waals surface area contributed by atoms with E-state index < -0.39 is 4.92 Å². The van der Waals surface area contributed by atoms with Gasteiger partial charge in [-0.3, -0.25) is 15.1 Å². The third kappa shape index (κ3) is 2.63. The molecule has 1 aromatic heterocycles. The molecule has 0 radical (unpaired) electrons. The minimum atomic E-state index is -0.454. The summed E-state index contributed by atoms with van der Waals surface area (Å²) in [6.45, 7) is 3.66. The summed E-state index contributed by atoms with van der Waals surface area (Å²) >= 11 is 0. The summed E-state index contributed by atoms with van der Waals surface area (Å²) in [5.41, 5.74) is 1.63. The van der Waals surface area contributed by atoms with Crippen LogP contribution < -0.4 is 4.74 Å². The van der Waals surface area contributed by atoms with Crippen LogP contribution in [0, 0.1) is 24.0 Å². The number of nitrogens with zero attached hydrogens (tertiary/aromatic N) is 2. The number of nitro benzene ring substituents is 1. The molecule has 0 fully saturated rings. The molecular formula is C13H12N2O3. The Kier molecular flexibility index (Phi) is 3.23. The van der Waals surface area contributed by atoms with Crippen molar-refractivity contribution < 1.29 is 9.66 Å². The maximum atomic E-state index is 10.9. The van der Waals surface area contributed by atoms with E-state index in [1.165, 1.54) is 6.07 Å². The molecule has 0 saturated heterocycles. The van der Waals surface area contributed by atoms with Crippen LogP contribution in [0.25, 0.3) is 0 Å². The predicted octanol–water partition coefficient (Wildman–Crippen LogP) is 3.40. The summed E-state index contributed by atoms with van der Waals surface area (Å²) in [5.74, 6) is 0.698. The third-order valence-electron chi connectivity index (χ3n) is 2.42. The molecule has 0 unspecified atom stereocenters. The lowest BCUT2D eigenvalue weighted by atomic mass is 10.2. The smallest absolute Gasteiger partial charge is 0.311 e. The van der Waals surface area contributed by atoms with Crippen molar-refractivity contribution in [3.8, 4) is 11.5 Å². The van der Waals surface area contributed by atoms with Crippen LogP contribution in [0.1, 0.15) is 11.3 Å². The highest BCUT2D eigenvalue weighted by molar-refractivity contribution is 5.50. The molecule has 92 valence electrons. The lowest BCUT2D eigenvalue weighted by Crippen LogP contribution is -1.94. The van der Waals surface area contributed by atoms with Gasteiger partial charge in [0, 0.05) is 11.8 Å². The van der Waals surface area contributed by atoms with Crippen LogP contribution in [0.5, 0.6) is 11.5 Å². The number of aryl methyl sites for hydroxylation is 2. The Morgan fingerprint density at radius 2 is 2.00 bits per heavy atom. The van der Waals surface area contributed by atoms with Gasteiger partial charge in [0.05, 0.1) is 11.1 Å². The zero-order chi connectivity index (χ0) is 13.1. The fraction of sp³-hybridized carbons (Fsp3) is 0.154. The normalized spacial score (nSPS) is 10.1. The summed E-state index contributed by atoms with van der Waals surface area (Å²) in [6, 6.07) is 8.36. The van der Waals surface area contributed by atoms with Crippen molar-refractivity contribution in [2.75, 3.05) is 0 Å². The molecule has 18 heavy (non-hydrogen) atoms. The Labute approximate surface area is 104 Å². The van der Waals surface area contributed by atoms with Crippen molar-refractivity contribution in [1.82, 2.24) is 4.98 Å². The first kappa shape index (κ1) is 12.0. The van der Waals surface area contributed by atoms with E-state index in [0.29, 0.717) is 5.75 Å². The molecule has 0 bridgehead atoms. The van der Waals surface area contributed by atoms with E-state index in [0.717, 1.165) is 11.3 Å². The van der Waals surface area contributed by atoms with E-state index in [-0.39, 0.29) is 11.4 Å². The first-order valence-corrected chi connectivity index (χ1v) is 5.42. The Hall–Kier alpha value is -2.43. The van der Waals surface area contributed by atoms with Crippen LogP contribution in [0.15, 0.2) is 36.5 Å². The van der Waals surface area contributed by atoms with Gasteiger partial charge in [0.1, 0.15) is 5.75 Å². The molecule has 5 heteroatoms. The van der Waals surface area contributed by atoms with Gasteiger partial charge in [-0.05, 0) is 37.6 Å². The van der Waals surface area contributed by atoms with Crippen LogP contribution >= 0.6 is 0 Å². The molecule has 0 aliphatic rings. The zero-order valence-electron chi connectivity index (χ0n) is 10.1. The van der Waals surface area contributed by atoms with Gasteiger partial charge in [0.15, 0.2) is 0 Å². The first-order valence-electron chi connectivity index (χ1n) is 5.42. The Bertz CT molecular complexity index is 579. The molecule has 2 rings (SSSR count). The van der Waals surface area contributed by atoms with E-state index in [1.54, 1.807) is 37.4 Å². The molecule has 1 aromatic carbocycles. The highest BCUT2D eigenvalue weighted by atomic mass is 16.6. The van der Waals surface area contributed by atoms with Crippen LogP contribution in [0.2, 0.25) is 0 Å². The molecular weight excluding hydrogens is 232 g/mol. The molecule has 0 amide bonds. The number of rotatable bonds is 3. The molecule has 0 spiro atoms. The van der Waals surface area contributed by atoms with Gasteiger partial charge in [0.2, 0.25) is 5.75 Å². The third-order valence-corrected chi connectivity index (χ3v) is 2.42. The van der Waals surface area contributed by atoms with Gasteiger partial charge in [-0.1, -0.05) is 6.07 Å². The van der Waals surface area contributed by atoms with Crippen LogP contribution in [0.3, 0.4) is 0 Å². The lowest BCUT2D eigenvalue weighted by Gasteiger charge is -2.06. The van der Waals surface area contributed by atoms with Gasteiger partial charge in [0.25, 0.3) is 0 Å². The molecule has 2 aromatic rings. The van der Waals surface area contributed by atoms with Gasteiger partial charge in [-0.2, -0.15) is 0 Å². The van der Waals surface area contributed by atoms with Crippen LogP contribution in [-0.4, -0.2) is 9.91 Å². The van der Waals surface area contributed by atoms with Crippen molar-refractivity contribution in [3.05, 3.63) is 57.9 Å². The van der Waals surface area contributed by atoms with Crippen LogP contribution in [0.4, 0.5) is 5.69 Å². The SMILES string of the molecule is Cc1ccc(Oc2ccc(C)nc2)c([N+](=O)[O-])c1. The monoisotopic (exact) mass is 244 g/mol. The average Bonchev–Trinajstić information content (AvgIpc) is 2.34. The van der Waals surface area contributed by atoms with E-state index in [4.69, 9.17) is 4.74 Å². The zero-order valence-corrected chi connectivity index (χ0v) is 10.1. The Balaban J connectivity index is 2.34. The molecule has 0 N–H and O–H groups in total. The maximum Gasteiger partial charge on any atom is 0.311 e. The van der Waals surface area contributed by atoms with E-state index in [2.05, 4.69) is 4.98 Å². The van der Waals surface area contributed by atoms with Gasteiger partial charge >= 0.3 is 5.69 Å². The number of hydrogen-bond acceptors (Lipinski definition) is 4. The predicted molar refractivity (Wildman–Crippen MR) is 66.9 cm³/mol. The summed E-state index contributed by atoms with van der Waals surface area (Å²) in [6.07, 6.45) is 1.54. The molecule has 0 saturated carbocycles. The highest BCUT2D eigenvalue weighted by Gasteiger charge is 2.15. The number of hydrogen-bond donors (Lipinski definition) is 0. The number of nitro groups is 1. The number of pyridine rings is 1. The Morgan fingerprint density at radius 3 is 2.61 bits per heavy atom. The van der Waals surface area contributed by atoms with Crippen molar-refractivity contribution in [1.29, 1.82) is 0 Å². The minimum Gasteiger partial charge on any atom is -0.449 e. The second-order valence-corrected chi connectivity index (χ2v) is 3.97.